The Morgan fingerprint density at radius 2 is 2.27 bits per heavy atom. The number of halogens is 2. The fourth-order valence-corrected chi connectivity index (χ4v) is 1.46. The van der Waals surface area contributed by atoms with Crippen molar-refractivity contribution in [1.29, 1.82) is 0 Å². The molecule has 0 aromatic carbocycles. The fourth-order valence-electron chi connectivity index (χ4n) is 1.19. The molecule has 0 fully saturated rings. The molecule has 0 radical (unpaired) electrons. The van der Waals surface area contributed by atoms with Crippen molar-refractivity contribution in [1.82, 2.24) is 0 Å². The summed E-state index contributed by atoms with van der Waals surface area (Å²) in [5.74, 6) is -0.155. The van der Waals surface area contributed by atoms with Crippen molar-refractivity contribution in [3.05, 3.63) is 59.3 Å². The van der Waals surface area contributed by atoms with Crippen LogP contribution in [-0.4, -0.2) is 0 Å². The molecule has 0 unspecified atom stereocenters. The largest absolute Gasteiger partial charge is 0.455 e. The van der Waals surface area contributed by atoms with Crippen molar-refractivity contribution in [3.8, 4) is 0 Å². The highest BCUT2D eigenvalue weighted by Gasteiger charge is 2.11. The molecule has 3 heteroatoms. The van der Waals surface area contributed by atoms with Crippen molar-refractivity contribution in [2.45, 2.75) is 13.3 Å². The van der Waals surface area contributed by atoms with Crippen LogP contribution in [-0.2, 0) is 4.74 Å². The van der Waals surface area contributed by atoms with Crippen LogP contribution in [0.5, 0.6) is 0 Å². The molecule has 0 spiro atoms. The molecule has 0 aromatic rings. The monoisotopic (exact) mass is 226 g/mol. The molecule has 80 valence electrons. The normalized spacial score (nSPS) is 27.9. The molecule has 0 saturated heterocycles. The summed E-state index contributed by atoms with van der Waals surface area (Å²) in [4.78, 5) is 0. The standard InChI is InChI=1S/C12H12ClFO/c1-8-7-11(13)6-4-5-9(2)15-12(8)10(3)14/h4-6H,2-3,7H2,1H3/b5-4-,11-6+,12-8-. The van der Waals surface area contributed by atoms with Crippen LogP contribution in [0.4, 0.5) is 4.39 Å². The number of ether oxygens (including phenoxy) is 1. The lowest BCUT2D eigenvalue weighted by Gasteiger charge is -2.10. The quantitative estimate of drug-likeness (QED) is 0.646. The Hall–Kier alpha value is -1.28. The average molecular weight is 227 g/mol. The topological polar surface area (TPSA) is 9.23 Å². The van der Waals surface area contributed by atoms with Crippen LogP contribution in [0, 0.1) is 0 Å². The van der Waals surface area contributed by atoms with Crippen LogP contribution in [0.1, 0.15) is 13.3 Å². The zero-order valence-electron chi connectivity index (χ0n) is 8.52. The Morgan fingerprint density at radius 3 is 2.87 bits per heavy atom. The third-order valence-corrected chi connectivity index (χ3v) is 2.12. The first-order chi connectivity index (χ1) is 7.00. The van der Waals surface area contributed by atoms with Gasteiger partial charge in [-0.15, -0.1) is 0 Å². The van der Waals surface area contributed by atoms with Gasteiger partial charge in [0.15, 0.2) is 11.6 Å². The van der Waals surface area contributed by atoms with E-state index in [9.17, 15) is 4.39 Å². The molecule has 1 aliphatic heterocycles. The number of allylic oxidation sites excluding steroid dienone is 6. The van der Waals surface area contributed by atoms with Crippen LogP contribution in [0.15, 0.2) is 59.3 Å². The Balaban J connectivity index is 3.12. The maximum Gasteiger partial charge on any atom is 0.161 e. The third-order valence-electron chi connectivity index (χ3n) is 1.86. The molecule has 0 atom stereocenters. The van der Waals surface area contributed by atoms with E-state index in [1.54, 1.807) is 25.2 Å². The minimum atomic E-state index is -0.617. The summed E-state index contributed by atoms with van der Waals surface area (Å²) >= 11 is 5.92. The van der Waals surface area contributed by atoms with Gasteiger partial charge < -0.3 is 4.74 Å². The summed E-state index contributed by atoms with van der Waals surface area (Å²) in [6.45, 7) is 8.59. The molecule has 0 amide bonds. The van der Waals surface area contributed by atoms with Crippen molar-refractivity contribution in [2.75, 3.05) is 0 Å². The van der Waals surface area contributed by atoms with Crippen LogP contribution in [0.3, 0.4) is 0 Å². The molecule has 0 N–H and O–H groups in total. The zero-order valence-corrected chi connectivity index (χ0v) is 9.27. The SMILES string of the molecule is C=C1/C=C\C=C(\Cl)C/C(C)=C(/C(=C)F)O1. The summed E-state index contributed by atoms with van der Waals surface area (Å²) < 4.78 is 18.3. The molecular weight excluding hydrogens is 215 g/mol. The summed E-state index contributed by atoms with van der Waals surface area (Å²) in [7, 11) is 0. The summed E-state index contributed by atoms with van der Waals surface area (Å²) in [6, 6.07) is 0. The molecule has 1 nitrogen and oxygen atoms in total. The van der Waals surface area contributed by atoms with E-state index >= 15 is 0 Å². The Morgan fingerprint density at radius 1 is 1.60 bits per heavy atom. The van der Waals surface area contributed by atoms with Crippen LogP contribution >= 0.6 is 11.6 Å². The summed E-state index contributed by atoms with van der Waals surface area (Å²) in [6.07, 6.45) is 5.49. The molecule has 0 bridgehead atoms. The minimum Gasteiger partial charge on any atom is -0.455 e. The van der Waals surface area contributed by atoms with Gasteiger partial charge in [0.25, 0.3) is 0 Å². The van der Waals surface area contributed by atoms with Crippen LogP contribution in [0.25, 0.3) is 0 Å². The lowest BCUT2D eigenvalue weighted by molar-refractivity contribution is 0.306. The maximum atomic E-state index is 13.1. The highest BCUT2D eigenvalue weighted by Crippen LogP contribution is 2.26. The van der Waals surface area contributed by atoms with Gasteiger partial charge in [0.05, 0.1) is 0 Å². The lowest BCUT2D eigenvalue weighted by Crippen LogP contribution is -1.95. The van der Waals surface area contributed by atoms with Gasteiger partial charge in [-0.05, 0) is 24.6 Å². The average Bonchev–Trinajstić information content (AvgIpc) is 2.17. The van der Waals surface area contributed by atoms with Gasteiger partial charge in [-0.25, -0.2) is 4.39 Å². The first kappa shape index (κ1) is 11.8. The minimum absolute atomic E-state index is 0.109. The van der Waals surface area contributed by atoms with Crippen molar-refractivity contribution in [2.24, 2.45) is 0 Å². The zero-order chi connectivity index (χ0) is 11.4. The van der Waals surface area contributed by atoms with E-state index in [1.165, 1.54) is 0 Å². The molecule has 15 heavy (non-hydrogen) atoms. The fraction of sp³-hybridized carbons (Fsp3) is 0.167. The summed E-state index contributed by atoms with van der Waals surface area (Å²) in [5.41, 5.74) is 0.689. The Kier molecular flexibility index (Phi) is 3.92. The second-order valence-electron chi connectivity index (χ2n) is 3.23. The highest BCUT2D eigenvalue weighted by molar-refractivity contribution is 6.29. The van der Waals surface area contributed by atoms with E-state index in [2.05, 4.69) is 13.2 Å². The predicted octanol–water partition coefficient (Wildman–Crippen LogP) is 4.36. The number of hydrogen-bond acceptors (Lipinski definition) is 1. The Bertz CT molecular complexity index is 388. The van der Waals surface area contributed by atoms with Gasteiger partial charge in [-0.2, -0.15) is 0 Å². The van der Waals surface area contributed by atoms with E-state index in [1.807, 2.05) is 0 Å². The van der Waals surface area contributed by atoms with Crippen molar-refractivity contribution < 1.29 is 9.13 Å². The van der Waals surface area contributed by atoms with E-state index in [0.717, 1.165) is 0 Å². The molecular formula is C12H12ClFO. The van der Waals surface area contributed by atoms with Gasteiger partial charge in [0, 0.05) is 11.5 Å². The van der Waals surface area contributed by atoms with Gasteiger partial charge >= 0.3 is 0 Å². The second-order valence-corrected chi connectivity index (χ2v) is 3.72. The van der Waals surface area contributed by atoms with Crippen molar-refractivity contribution >= 4 is 11.6 Å². The molecule has 1 aliphatic rings. The van der Waals surface area contributed by atoms with Gasteiger partial charge in [0.2, 0.25) is 0 Å². The number of hydrogen-bond donors (Lipinski definition) is 0. The van der Waals surface area contributed by atoms with E-state index in [0.29, 0.717) is 22.8 Å². The molecule has 0 aromatic heterocycles. The van der Waals surface area contributed by atoms with E-state index in [-0.39, 0.29) is 5.76 Å². The van der Waals surface area contributed by atoms with Crippen molar-refractivity contribution in [3.63, 3.8) is 0 Å². The molecule has 1 rings (SSSR count). The smallest absolute Gasteiger partial charge is 0.161 e. The molecule has 0 saturated carbocycles. The van der Waals surface area contributed by atoms with Gasteiger partial charge in [-0.3, -0.25) is 0 Å². The van der Waals surface area contributed by atoms with Crippen LogP contribution in [0.2, 0.25) is 0 Å². The highest BCUT2D eigenvalue weighted by atomic mass is 35.5. The predicted molar refractivity (Wildman–Crippen MR) is 60.9 cm³/mol. The number of rotatable bonds is 1. The van der Waals surface area contributed by atoms with Crippen LogP contribution < -0.4 is 0 Å². The first-order valence-corrected chi connectivity index (χ1v) is 4.82. The Labute approximate surface area is 93.9 Å². The maximum absolute atomic E-state index is 13.1. The van der Waals surface area contributed by atoms with E-state index in [4.69, 9.17) is 16.3 Å². The third kappa shape index (κ3) is 3.40. The van der Waals surface area contributed by atoms with Gasteiger partial charge in [0.1, 0.15) is 5.76 Å². The van der Waals surface area contributed by atoms with Gasteiger partial charge in [-0.1, -0.05) is 30.8 Å². The first-order valence-electron chi connectivity index (χ1n) is 4.44. The molecule has 1 heterocycles. The van der Waals surface area contributed by atoms with E-state index < -0.39 is 5.83 Å². The lowest BCUT2D eigenvalue weighted by atomic mass is 10.1. The second kappa shape index (κ2) is 4.99. The molecule has 0 aliphatic carbocycles. The summed E-state index contributed by atoms with van der Waals surface area (Å²) in [5, 5.41) is 0.612.